The normalized spacial score (nSPS) is 19.8. The molecule has 1 fully saturated rings. The highest BCUT2D eigenvalue weighted by molar-refractivity contribution is 5.11. The van der Waals surface area contributed by atoms with E-state index in [1.165, 1.54) is 0 Å². The lowest BCUT2D eigenvalue weighted by atomic mass is 10.2. The average Bonchev–Trinajstić information content (AvgIpc) is 2.90. The van der Waals surface area contributed by atoms with Gasteiger partial charge in [-0.05, 0) is 18.6 Å². The number of hydrogen-bond acceptors (Lipinski definition) is 5. The minimum absolute atomic E-state index is 0.0157. The van der Waals surface area contributed by atoms with Crippen molar-refractivity contribution in [3.63, 3.8) is 0 Å². The van der Waals surface area contributed by atoms with Crippen molar-refractivity contribution in [2.75, 3.05) is 19.7 Å². The highest BCUT2D eigenvalue weighted by atomic mass is 16.5. The number of morpholine rings is 1. The van der Waals surface area contributed by atoms with E-state index in [0.29, 0.717) is 12.4 Å². The van der Waals surface area contributed by atoms with Crippen molar-refractivity contribution in [1.82, 2.24) is 24.6 Å². The number of aromatic nitrogens is 4. The Morgan fingerprint density at radius 3 is 3.10 bits per heavy atom. The van der Waals surface area contributed by atoms with E-state index in [2.05, 4.69) is 20.1 Å². The van der Waals surface area contributed by atoms with E-state index in [1.54, 1.807) is 23.9 Å². The van der Waals surface area contributed by atoms with E-state index in [-0.39, 0.29) is 11.7 Å². The van der Waals surface area contributed by atoms with Crippen LogP contribution in [0.1, 0.15) is 23.3 Å². The van der Waals surface area contributed by atoms with Gasteiger partial charge in [-0.2, -0.15) is 5.10 Å². The standard InChI is InChI=1S/C14H19N5O2/c1-10-15-14(17-16-10)12-9-19(5-6-21-12)8-11-3-4-18(2)13(20)7-11/h3-4,7,12H,5-6,8-9H2,1-2H3,(H,15,16,17)/t12-/m1/s1. The molecule has 0 aromatic carbocycles. The summed E-state index contributed by atoms with van der Waals surface area (Å²) in [7, 11) is 1.75. The second-order valence-corrected chi connectivity index (χ2v) is 5.36. The van der Waals surface area contributed by atoms with Crippen LogP contribution in [0.25, 0.3) is 0 Å². The number of aromatic amines is 1. The van der Waals surface area contributed by atoms with E-state index in [1.807, 2.05) is 13.0 Å². The van der Waals surface area contributed by atoms with Gasteiger partial charge in [0.15, 0.2) is 5.82 Å². The molecule has 1 saturated heterocycles. The van der Waals surface area contributed by atoms with Crippen LogP contribution in [-0.2, 0) is 18.3 Å². The third-order valence-electron chi connectivity index (χ3n) is 3.63. The number of nitrogens with zero attached hydrogens (tertiary/aromatic N) is 4. The van der Waals surface area contributed by atoms with Gasteiger partial charge in [-0.3, -0.25) is 14.8 Å². The molecule has 7 heteroatoms. The maximum atomic E-state index is 11.7. The lowest BCUT2D eigenvalue weighted by molar-refractivity contribution is -0.0370. The molecule has 7 nitrogen and oxygen atoms in total. The van der Waals surface area contributed by atoms with Crippen LogP contribution in [0.3, 0.4) is 0 Å². The monoisotopic (exact) mass is 289 g/mol. The van der Waals surface area contributed by atoms with Gasteiger partial charge in [-0.25, -0.2) is 4.98 Å². The van der Waals surface area contributed by atoms with Gasteiger partial charge in [-0.15, -0.1) is 0 Å². The van der Waals surface area contributed by atoms with Crippen LogP contribution in [0.4, 0.5) is 0 Å². The first-order chi connectivity index (χ1) is 10.1. The molecule has 1 aliphatic heterocycles. The number of H-pyrrole nitrogens is 1. The summed E-state index contributed by atoms with van der Waals surface area (Å²) in [6, 6.07) is 3.66. The molecule has 0 aliphatic carbocycles. The number of rotatable bonds is 3. The van der Waals surface area contributed by atoms with Gasteiger partial charge in [0.1, 0.15) is 11.9 Å². The van der Waals surface area contributed by atoms with Crippen LogP contribution in [0, 0.1) is 6.92 Å². The second kappa shape index (κ2) is 5.79. The van der Waals surface area contributed by atoms with Crippen molar-refractivity contribution in [3.05, 3.63) is 45.9 Å². The fraction of sp³-hybridized carbons (Fsp3) is 0.500. The Kier molecular flexibility index (Phi) is 3.85. The molecule has 3 heterocycles. The van der Waals surface area contributed by atoms with E-state index < -0.39 is 0 Å². The first kappa shape index (κ1) is 14.0. The van der Waals surface area contributed by atoms with Crippen LogP contribution in [0.2, 0.25) is 0 Å². The molecule has 2 aromatic heterocycles. The van der Waals surface area contributed by atoms with Gasteiger partial charge < -0.3 is 9.30 Å². The summed E-state index contributed by atoms with van der Waals surface area (Å²) in [5.41, 5.74) is 1.03. The number of nitrogens with one attached hydrogen (secondary N) is 1. The maximum absolute atomic E-state index is 11.7. The van der Waals surface area contributed by atoms with Gasteiger partial charge >= 0.3 is 0 Å². The van der Waals surface area contributed by atoms with Gasteiger partial charge in [0, 0.05) is 38.9 Å². The molecule has 112 valence electrons. The smallest absolute Gasteiger partial charge is 0.250 e. The van der Waals surface area contributed by atoms with E-state index in [4.69, 9.17) is 4.74 Å². The Morgan fingerprint density at radius 2 is 2.38 bits per heavy atom. The van der Waals surface area contributed by atoms with Crippen molar-refractivity contribution < 1.29 is 4.74 Å². The Balaban J connectivity index is 1.68. The minimum Gasteiger partial charge on any atom is -0.367 e. The van der Waals surface area contributed by atoms with Crippen molar-refractivity contribution in [2.45, 2.75) is 19.6 Å². The third-order valence-corrected chi connectivity index (χ3v) is 3.63. The Hall–Kier alpha value is -1.99. The molecule has 0 amide bonds. The van der Waals surface area contributed by atoms with Crippen molar-refractivity contribution in [2.24, 2.45) is 7.05 Å². The molecule has 21 heavy (non-hydrogen) atoms. The van der Waals surface area contributed by atoms with Crippen LogP contribution in [0.5, 0.6) is 0 Å². The molecule has 3 rings (SSSR count). The highest BCUT2D eigenvalue weighted by Gasteiger charge is 2.25. The van der Waals surface area contributed by atoms with Crippen LogP contribution in [-0.4, -0.2) is 44.3 Å². The van der Waals surface area contributed by atoms with Crippen molar-refractivity contribution >= 4 is 0 Å². The largest absolute Gasteiger partial charge is 0.367 e. The summed E-state index contributed by atoms with van der Waals surface area (Å²) in [6.07, 6.45) is 1.68. The fourth-order valence-electron chi connectivity index (χ4n) is 2.45. The average molecular weight is 289 g/mol. The number of aryl methyl sites for hydroxylation is 2. The van der Waals surface area contributed by atoms with E-state index in [0.717, 1.165) is 31.0 Å². The highest BCUT2D eigenvalue weighted by Crippen LogP contribution is 2.20. The quantitative estimate of drug-likeness (QED) is 0.884. The van der Waals surface area contributed by atoms with E-state index in [9.17, 15) is 4.79 Å². The predicted molar refractivity (Wildman–Crippen MR) is 76.8 cm³/mol. The molecule has 0 unspecified atom stereocenters. The predicted octanol–water partition coefficient (Wildman–Crippen LogP) is 0.385. The number of ether oxygens (including phenoxy) is 1. The zero-order valence-corrected chi connectivity index (χ0v) is 12.2. The topological polar surface area (TPSA) is 76.0 Å². The molecule has 0 bridgehead atoms. The van der Waals surface area contributed by atoms with E-state index >= 15 is 0 Å². The minimum atomic E-state index is -0.116. The number of pyridine rings is 1. The first-order valence-electron chi connectivity index (χ1n) is 7.00. The fourth-order valence-corrected chi connectivity index (χ4v) is 2.45. The molecule has 0 radical (unpaired) electrons. The molecular weight excluding hydrogens is 270 g/mol. The summed E-state index contributed by atoms with van der Waals surface area (Å²) in [6.45, 7) is 4.82. The summed E-state index contributed by atoms with van der Waals surface area (Å²) < 4.78 is 7.31. The van der Waals surface area contributed by atoms with Crippen molar-refractivity contribution in [3.8, 4) is 0 Å². The molecule has 0 spiro atoms. The summed E-state index contributed by atoms with van der Waals surface area (Å²) in [5, 5.41) is 7.01. The van der Waals surface area contributed by atoms with Gasteiger partial charge in [0.25, 0.3) is 5.56 Å². The summed E-state index contributed by atoms with van der Waals surface area (Å²) in [4.78, 5) is 18.3. The third kappa shape index (κ3) is 3.20. The SMILES string of the molecule is Cc1nc([C@H]2CN(Cc3ccn(C)c(=O)c3)CCO2)n[nH]1. The Morgan fingerprint density at radius 1 is 1.52 bits per heavy atom. The van der Waals surface area contributed by atoms with Crippen LogP contribution in [0.15, 0.2) is 23.1 Å². The lowest BCUT2D eigenvalue weighted by Crippen LogP contribution is -2.38. The summed E-state index contributed by atoms with van der Waals surface area (Å²) >= 11 is 0. The maximum Gasteiger partial charge on any atom is 0.250 e. The van der Waals surface area contributed by atoms with Gasteiger partial charge in [0.2, 0.25) is 0 Å². The molecular formula is C14H19N5O2. The number of hydrogen-bond donors (Lipinski definition) is 1. The zero-order valence-electron chi connectivity index (χ0n) is 12.2. The zero-order chi connectivity index (χ0) is 14.8. The van der Waals surface area contributed by atoms with Crippen LogP contribution < -0.4 is 5.56 Å². The Labute approximate surface area is 122 Å². The molecule has 1 atom stereocenters. The first-order valence-corrected chi connectivity index (χ1v) is 7.00. The van der Waals surface area contributed by atoms with Crippen LogP contribution >= 0.6 is 0 Å². The lowest BCUT2D eigenvalue weighted by Gasteiger charge is -2.31. The second-order valence-electron chi connectivity index (χ2n) is 5.36. The van der Waals surface area contributed by atoms with Crippen molar-refractivity contribution in [1.29, 1.82) is 0 Å². The molecule has 1 N–H and O–H groups in total. The molecule has 2 aromatic rings. The summed E-state index contributed by atoms with van der Waals surface area (Å²) in [5.74, 6) is 1.48. The van der Waals surface area contributed by atoms with Gasteiger partial charge in [-0.1, -0.05) is 0 Å². The Bertz CT molecular complexity index is 678. The molecule has 0 saturated carbocycles. The molecule has 1 aliphatic rings. The van der Waals surface area contributed by atoms with Gasteiger partial charge in [0.05, 0.1) is 6.61 Å².